The van der Waals surface area contributed by atoms with E-state index in [1.54, 1.807) is 6.92 Å². The van der Waals surface area contributed by atoms with E-state index in [0.29, 0.717) is 5.56 Å². The van der Waals surface area contributed by atoms with Crippen LogP contribution in [-0.2, 0) is 14.3 Å². The number of anilines is 1. The van der Waals surface area contributed by atoms with Gasteiger partial charge in [0.1, 0.15) is 18.5 Å². The third-order valence-corrected chi connectivity index (χ3v) is 5.79. The molecule has 0 radical (unpaired) electrons. The fourth-order valence-electron chi connectivity index (χ4n) is 4.11. The Morgan fingerprint density at radius 1 is 1.00 bits per heavy atom. The number of hydrogen-bond donors (Lipinski definition) is 3. The molecule has 34 heavy (non-hydrogen) atoms. The summed E-state index contributed by atoms with van der Waals surface area (Å²) < 4.78 is 19.0. The maximum absolute atomic E-state index is 13.5. The molecule has 3 aromatic carbocycles. The second-order valence-electron chi connectivity index (χ2n) is 8.07. The highest BCUT2D eigenvalue weighted by molar-refractivity contribution is 5.99. The van der Waals surface area contributed by atoms with Crippen LogP contribution in [0.5, 0.6) is 0 Å². The number of aliphatic carboxylic acids is 1. The van der Waals surface area contributed by atoms with Crippen molar-refractivity contribution < 1.29 is 28.6 Å². The predicted molar refractivity (Wildman–Crippen MR) is 124 cm³/mol. The van der Waals surface area contributed by atoms with Crippen LogP contribution in [-0.4, -0.2) is 35.7 Å². The molecule has 8 heteroatoms. The molecule has 0 saturated heterocycles. The van der Waals surface area contributed by atoms with E-state index in [-0.39, 0.29) is 18.2 Å². The summed E-state index contributed by atoms with van der Waals surface area (Å²) in [5, 5.41) is 14.0. The van der Waals surface area contributed by atoms with Gasteiger partial charge in [-0.1, -0.05) is 54.6 Å². The molecule has 0 heterocycles. The molecule has 0 aliphatic heterocycles. The van der Waals surface area contributed by atoms with E-state index in [9.17, 15) is 23.9 Å². The predicted octanol–water partition coefficient (Wildman–Crippen LogP) is 4.45. The Bertz CT molecular complexity index is 1210. The van der Waals surface area contributed by atoms with E-state index in [4.69, 9.17) is 4.74 Å². The third kappa shape index (κ3) is 4.91. The first-order valence-corrected chi connectivity index (χ1v) is 10.7. The number of carboxylic acid groups (broad SMARTS) is 1. The summed E-state index contributed by atoms with van der Waals surface area (Å²) in [6, 6.07) is 18.1. The van der Waals surface area contributed by atoms with E-state index in [1.165, 1.54) is 12.1 Å². The van der Waals surface area contributed by atoms with Crippen LogP contribution < -0.4 is 10.6 Å². The number of fused-ring (bicyclic) bond motifs is 3. The Hall–Kier alpha value is -4.20. The number of carbonyl (C=O) groups excluding carboxylic acids is 2. The Balaban J connectivity index is 1.44. The Kier molecular flexibility index (Phi) is 6.58. The first-order valence-electron chi connectivity index (χ1n) is 10.7. The number of benzene rings is 3. The van der Waals surface area contributed by atoms with E-state index in [2.05, 4.69) is 10.6 Å². The summed E-state index contributed by atoms with van der Waals surface area (Å²) in [5.74, 6) is -2.81. The van der Waals surface area contributed by atoms with Gasteiger partial charge in [0.05, 0.1) is 6.42 Å². The summed E-state index contributed by atoms with van der Waals surface area (Å²) in [4.78, 5) is 36.5. The minimum Gasteiger partial charge on any atom is -0.481 e. The van der Waals surface area contributed by atoms with Crippen molar-refractivity contribution in [2.24, 2.45) is 0 Å². The molecule has 2 amide bonds. The van der Waals surface area contributed by atoms with Gasteiger partial charge in [-0.3, -0.25) is 9.59 Å². The van der Waals surface area contributed by atoms with Crippen molar-refractivity contribution >= 4 is 23.7 Å². The molecule has 4 rings (SSSR count). The zero-order valence-corrected chi connectivity index (χ0v) is 18.4. The average Bonchev–Trinajstić information content (AvgIpc) is 3.13. The normalized spacial score (nSPS) is 12.9. The van der Waals surface area contributed by atoms with E-state index in [1.807, 2.05) is 48.5 Å². The molecule has 3 aromatic rings. The molecule has 174 valence electrons. The molecule has 0 fully saturated rings. The number of hydrogen-bond acceptors (Lipinski definition) is 4. The smallest absolute Gasteiger partial charge is 0.407 e. The van der Waals surface area contributed by atoms with Crippen LogP contribution in [0.15, 0.2) is 66.7 Å². The summed E-state index contributed by atoms with van der Waals surface area (Å²) in [7, 11) is 0. The van der Waals surface area contributed by atoms with Crippen molar-refractivity contribution in [1.29, 1.82) is 0 Å². The molecule has 7 nitrogen and oxygen atoms in total. The van der Waals surface area contributed by atoms with E-state index >= 15 is 0 Å². The van der Waals surface area contributed by atoms with Crippen LogP contribution in [0.4, 0.5) is 14.9 Å². The maximum Gasteiger partial charge on any atom is 0.407 e. The first kappa shape index (κ1) is 23.0. The lowest BCUT2D eigenvalue weighted by molar-refractivity contribution is -0.139. The number of carbonyl (C=O) groups is 3. The number of alkyl carbamates (subject to hydrolysis) is 1. The fraction of sp³-hybridized carbons (Fsp3) is 0.192. The molecule has 1 aliphatic carbocycles. The number of amides is 2. The van der Waals surface area contributed by atoms with Gasteiger partial charge in [-0.2, -0.15) is 0 Å². The zero-order valence-electron chi connectivity index (χ0n) is 18.4. The molecular weight excluding hydrogens is 439 g/mol. The van der Waals surface area contributed by atoms with Gasteiger partial charge in [0.2, 0.25) is 5.91 Å². The summed E-state index contributed by atoms with van der Waals surface area (Å²) in [6.45, 7) is 1.69. The van der Waals surface area contributed by atoms with Crippen LogP contribution in [0, 0.1) is 12.7 Å². The highest BCUT2D eigenvalue weighted by atomic mass is 19.1. The SMILES string of the molecule is Cc1ccc(F)cc1NC(=O)C(CC(=O)O)NC(=O)OCC1c2ccccc2-c2ccccc21. The minimum atomic E-state index is -1.41. The highest BCUT2D eigenvalue weighted by Crippen LogP contribution is 2.44. The summed E-state index contributed by atoms with van der Waals surface area (Å²) in [5.41, 5.74) is 4.97. The molecule has 0 aromatic heterocycles. The number of aryl methyl sites for hydroxylation is 1. The van der Waals surface area contributed by atoms with Crippen LogP contribution in [0.2, 0.25) is 0 Å². The highest BCUT2D eigenvalue weighted by Gasteiger charge is 2.30. The van der Waals surface area contributed by atoms with E-state index in [0.717, 1.165) is 28.3 Å². The number of nitrogens with one attached hydrogen (secondary N) is 2. The van der Waals surface area contributed by atoms with Crippen molar-refractivity contribution in [3.63, 3.8) is 0 Å². The minimum absolute atomic E-state index is 0.0181. The van der Waals surface area contributed by atoms with Gasteiger partial charge in [-0.25, -0.2) is 9.18 Å². The number of carboxylic acids is 1. The lowest BCUT2D eigenvalue weighted by Gasteiger charge is -2.19. The molecule has 1 unspecified atom stereocenters. The third-order valence-electron chi connectivity index (χ3n) is 5.79. The Labute approximate surface area is 195 Å². The van der Waals surface area contributed by atoms with Crippen molar-refractivity contribution in [2.75, 3.05) is 11.9 Å². The molecule has 0 saturated carbocycles. The number of halogens is 1. The van der Waals surface area contributed by atoms with Gasteiger partial charge in [0.15, 0.2) is 0 Å². The van der Waals surface area contributed by atoms with Gasteiger partial charge >= 0.3 is 12.1 Å². The topological polar surface area (TPSA) is 105 Å². The lowest BCUT2D eigenvalue weighted by atomic mass is 9.98. The number of rotatable bonds is 7. The lowest BCUT2D eigenvalue weighted by Crippen LogP contribution is -2.45. The number of ether oxygens (including phenoxy) is 1. The summed E-state index contributed by atoms with van der Waals surface area (Å²) >= 11 is 0. The first-order chi connectivity index (χ1) is 16.3. The van der Waals surface area contributed by atoms with Crippen molar-refractivity contribution in [1.82, 2.24) is 5.32 Å². The maximum atomic E-state index is 13.5. The second-order valence-corrected chi connectivity index (χ2v) is 8.07. The van der Waals surface area contributed by atoms with Crippen LogP contribution in [0.25, 0.3) is 11.1 Å². The molecular formula is C26H23FN2O5. The fourth-order valence-corrected chi connectivity index (χ4v) is 4.11. The van der Waals surface area contributed by atoms with E-state index < -0.39 is 36.2 Å². The van der Waals surface area contributed by atoms with Crippen molar-refractivity contribution in [3.8, 4) is 11.1 Å². The zero-order chi connectivity index (χ0) is 24.2. The van der Waals surface area contributed by atoms with Gasteiger partial charge in [-0.05, 0) is 46.9 Å². The molecule has 1 aliphatic rings. The quantitative estimate of drug-likeness (QED) is 0.481. The largest absolute Gasteiger partial charge is 0.481 e. The van der Waals surface area contributed by atoms with Crippen LogP contribution >= 0.6 is 0 Å². The second kappa shape index (κ2) is 9.74. The molecule has 0 bridgehead atoms. The van der Waals surface area contributed by atoms with Crippen molar-refractivity contribution in [2.45, 2.75) is 25.3 Å². The van der Waals surface area contributed by atoms with Gasteiger partial charge in [-0.15, -0.1) is 0 Å². The van der Waals surface area contributed by atoms with Crippen molar-refractivity contribution in [3.05, 3.63) is 89.2 Å². The van der Waals surface area contributed by atoms with Gasteiger partial charge in [0.25, 0.3) is 0 Å². The Morgan fingerprint density at radius 3 is 2.24 bits per heavy atom. The molecule has 1 atom stereocenters. The summed E-state index contributed by atoms with van der Waals surface area (Å²) in [6.07, 6.45) is -1.58. The van der Waals surface area contributed by atoms with Gasteiger partial charge < -0.3 is 20.5 Å². The molecule has 3 N–H and O–H groups in total. The average molecular weight is 462 g/mol. The van der Waals surface area contributed by atoms with Crippen LogP contribution in [0.1, 0.15) is 29.0 Å². The monoisotopic (exact) mass is 462 g/mol. The Morgan fingerprint density at radius 2 is 1.62 bits per heavy atom. The standard InChI is InChI=1S/C26H23FN2O5/c1-15-10-11-16(27)12-22(15)28-25(32)23(13-24(30)31)29-26(33)34-14-21-19-8-4-2-6-17(19)18-7-3-5-9-20(18)21/h2-12,21,23H,13-14H2,1H3,(H,28,32)(H,29,33)(H,30,31). The van der Waals surface area contributed by atoms with Gasteiger partial charge in [0, 0.05) is 11.6 Å². The van der Waals surface area contributed by atoms with Crippen LogP contribution in [0.3, 0.4) is 0 Å². The molecule has 0 spiro atoms.